The van der Waals surface area contributed by atoms with E-state index in [1.807, 2.05) is 12.1 Å². The molecule has 0 saturated carbocycles. The molecule has 0 radical (unpaired) electrons. The number of ether oxygens (including phenoxy) is 1. The van der Waals surface area contributed by atoms with Crippen LogP contribution in [0.3, 0.4) is 0 Å². The van der Waals surface area contributed by atoms with Crippen LogP contribution in [0.2, 0.25) is 0 Å². The summed E-state index contributed by atoms with van der Waals surface area (Å²) in [5.41, 5.74) is 2.52. The predicted molar refractivity (Wildman–Crippen MR) is 125 cm³/mol. The number of nitrogens with zero attached hydrogens (tertiary/aromatic N) is 2. The second-order valence-corrected chi connectivity index (χ2v) is 10.6. The molecule has 8 heteroatoms. The van der Waals surface area contributed by atoms with E-state index in [9.17, 15) is 13.2 Å². The van der Waals surface area contributed by atoms with Gasteiger partial charge in [0.1, 0.15) is 10.6 Å². The molecular formula is C24H33N3O4S. The number of benzene rings is 2. The Kier molecular flexibility index (Phi) is 7.92. The number of sulfonamides is 1. The van der Waals surface area contributed by atoms with Crippen LogP contribution in [-0.4, -0.2) is 57.3 Å². The van der Waals surface area contributed by atoms with Crippen molar-refractivity contribution in [2.24, 2.45) is 0 Å². The average molecular weight is 460 g/mol. The summed E-state index contributed by atoms with van der Waals surface area (Å²) in [6, 6.07) is 13.3. The Hall–Kier alpha value is -2.42. The fourth-order valence-electron chi connectivity index (χ4n) is 3.89. The highest BCUT2D eigenvalue weighted by Gasteiger charge is 2.24. The van der Waals surface area contributed by atoms with Crippen LogP contribution in [0.5, 0.6) is 5.75 Å². The summed E-state index contributed by atoms with van der Waals surface area (Å²) in [7, 11) is 0.546. The van der Waals surface area contributed by atoms with Crippen LogP contribution in [0.25, 0.3) is 0 Å². The molecule has 1 amide bonds. The Balaban J connectivity index is 1.64. The molecule has 1 aliphatic rings. The minimum Gasteiger partial charge on any atom is -0.495 e. The molecule has 0 aromatic heterocycles. The van der Waals surface area contributed by atoms with Gasteiger partial charge in [-0.25, -0.2) is 12.7 Å². The van der Waals surface area contributed by atoms with Crippen molar-refractivity contribution in [3.8, 4) is 5.75 Å². The van der Waals surface area contributed by atoms with Gasteiger partial charge in [0.05, 0.1) is 7.11 Å². The van der Waals surface area contributed by atoms with E-state index >= 15 is 0 Å². The van der Waals surface area contributed by atoms with E-state index in [1.54, 1.807) is 6.07 Å². The van der Waals surface area contributed by atoms with Crippen LogP contribution in [0.1, 0.15) is 47.7 Å². The van der Waals surface area contributed by atoms with Gasteiger partial charge in [0.15, 0.2) is 0 Å². The van der Waals surface area contributed by atoms with Gasteiger partial charge in [-0.05, 0) is 55.6 Å². The third-order valence-corrected chi connectivity index (χ3v) is 7.82. The van der Waals surface area contributed by atoms with E-state index in [0.29, 0.717) is 12.6 Å². The molecule has 0 aliphatic carbocycles. The van der Waals surface area contributed by atoms with E-state index in [4.69, 9.17) is 4.74 Å². The van der Waals surface area contributed by atoms with E-state index < -0.39 is 10.0 Å². The molecular weight excluding hydrogens is 426 g/mol. The van der Waals surface area contributed by atoms with Crippen LogP contribution in [-0.2, 0) is 23.1 Å². The van der Waals surface area contributed by atoms with Gasteiger partial charge < -0.3 is 10.1 Å². The van der Waals surface area contributed by atoms with Gasteiger partial charge in [-0.1, -0.05) is 30.7 Å². The molecule has 7 nitrogen and oxygen atoms in total. The first-order valence-corrected chi connectivity index (χ1v) is 12.4. The summed E-state index contributed by atoms with van der Waals surface area (Å²) in [5.74, 6) is -0.136. The highest BCUT2D eigenvalue weighted by Crippen LogP contribution is 2.27. The monoisotopic (exact) mass is 459 g/mol. The molecule has 3 rings (SSSR count). The van der Waals surface area contributed by atoms with Crippen molar-refractivity contribution in [1.82, 2.24) is 14.5 Å². The number of hydrogen-bond acceptors (Lipinski definition) is 5. The number of hydrogen-bond donors (Lipinski definition) is 1. The molecule has 1 saturated heterocycles. The molecule has 174 valence electrons. The lowest BCUT2D eigenvalue weighted by Gasteiger charge is -2.33. The molecule has 1 N–H and O–H groups in total. The number of carbonyl (C=O) groups excluding carboxylic acids is 1. The molecule has 32 heavy (non-hydrogen) atoms. The maximum atomic E-state index is 12.7. The van der Waals surface area contributed by atoms with Crippen molar-refractivity contribution >= 4 is 15.9 Å². The minimum absolute atomic E-state index is 0.0334. The maximum absolute atomic E-state index is 12.7. The van der Waals surface area contributed by atoms with Crippen LogP contribution in [0.4, 0.5) is 0 Å². The van der Waals surface area contributed by atoms with E-state index in [-0.39, 0.29) is 22.1 Å². The van der Waals surface area contributed by atoms with Crippen LogP contribution in [0, 0.1) is 0 Å². The normalized spacial score (nSPS) is 17.3. The second-order valence-electron chi connectivity index (χ2n) is 8.47. The maximum Gasteiger partial charge on any atom is 0.251 e. The summed E-state index contributed by atoms with van der Waals surface area (Å²) in [5, 5.41) is 2.87. The largest absolute Gasteiger partial charge is 0.495 e. The van der Waals surface area contributed by atoms with Crippen molar-refractivity contribution in [2.75, 3.05) is 27.7 Å². The first-order chi connectivity index (χ1) is 15.2. The van der Waals surface area contributed by atoms with Gasteiger partial charge >= 0.3 is 0 Å². The fourth-order valence-corrected chi connectivity index (χ4v) is 4.97. The topological polar surface area (TPSA) is 79.0 Å². The standard InChI is InChI=1S/C24H33N3O4S/c1-18-7-5-6-14-27(18)17-20-10-8-19(9-11-20)16-25-24(28)21-12-13-22(31-4)23(15-21)32(29,30)26(2)3/h8-13,15,18H,5-7,14,16-17H2,1-4H3,(H,25,28). The number of carbonyl (C=O) groups is 1. The van der Waals surface area contributed by atoms with Crippen molar-refractivity contribution in [1.29, 1.82) is 0 Å². The molecule has 1 heterocycles. The lowest BCUT2D eigenvalue weighted by molar-refractivity contribution is 0.0950. The first-order valence-electron chi connectivity index (χ1n) is 10.9. The highest BCUT2D eigenvalue weighted by atomic mass is 32.2. The van der Waals surface area contributed by atoms with Crippen LogP contribution < -0.4 is 10.1 Å². The van der Waals surface area contributed by atoms with Crippen molar-refractivity contribution in [2.45, 2.75) is 50.2 Å². The van der Waals surface area contributed by atoms with Gasteiger partial charge in [-0.3, -0.25) is 9.69 Å². The first kappa shape index (κ1) is 24.2. The van der Waals surface area contributed by atoms with Crippen molar-refractivity contribution < 1.29 is 17.9 Å². The van der Waals surface area contributed by atoms with Gasteiger partial charge in [-0.15, -0.1) is 0 Å². The van der Waals surface area contributed by atoms with Gasteiger partial charge in [0.2, 0.25) is 10.0 Å². The van der Waals surface area contributed by atoms with Gasteiger partial charge in [-0.2, -0.15) is 0 Å². The molecule has 1 aliphatic heterocycles. The summed E-state index contributed by atoms with van der Waals surface area (Å²) >= 11 is 0. The SMILES string of the molecule is COc1ccc(C(=O)NCc2ccc(CN3CCCCC3C)cc2)cc1S(=O)(=O)N(C)C. The Morgan fingerprint density at radius 2 is 1.81 bits per heavy atom. The zero-order valence-corrected chi connectivity index (χ0v) is 20.1. The third-order valence-electron chi connectivity index (χ3n) is 5.99. The minimum atomic E-state index is -3.74. The molecule has 1 fully saturated rings. The zero-order chi connectivity index (χ0) is 23.3. The molecule has 2 aromatic rings. The predicted octanol–water partition coefficient (Wildman–Crippen LogP) is 3.25. The van der Waals surface area contributed by atoms with Gasteiger partial charge in [0.25, 0.3) is 5.91 Å². The summed E-state index contributed by atoms with van der Waals surface area (Å²) in [4.78, 5) is 15.1. The number of methoxy groups -OCH3 is 1. The Labute approximate surface area is 191 Å². The molecule has 2 aromatic carbocycles. The zero-order valence-electron chi connectivity index (χ0n) is 19.3. The van der Waals surface area contributed by atoms with E-state index in [1.165, 1.54) is 58.2 Å². The Bertz CT molecular complexity index is 1040. The molecule has 0 bridgehead atoms. The number of likely N-dealkylation sites (tertiary alicyclic amines) is 1. The van der Waals surface area contributed by atoms with Crippen molar-refractivity contribution in [3.05, 3.63) is 59.2 Å². The fraction of sp³-hybridized carbons (Fsp3) is 0.458. The van der Waals surface area contributed by atoms with Crippen molar-refractivity contribution in [3.63, 3.8) is 0 Å². The van der Waals surface area contributed by atoms with Crippen LogP contribution >= 0.6 is 0 Å². The number of nitrogens with one attached hydrogen (secondary N) is 1. The number of piperidine rings is 1. The summed E-state index contributed by atoms with van der Waals surface area (Å²) in [6.45, 7) is 4.74. The quantitative estimate of drug-likeness (QED) is 0.656. The highest BCUT2D eigenvalue weighted by molar-refractivity contribution is 7.89. The smallest absolute Gasteiger partial charge is 0.251 e. The lowest BCUT2D eigenvalue weighted by atomic mass is 10.0. The van der Waals surface area contributed by atoms with Gasteiger partial charge in [0, 0.05) is 38.8 Å². The molecule has 0 spiro atoms. The van der Waals surface area contributed by atoms with E-state index in [2.05, 4.69) is 29.3 Å². The Morgan fingerprint density at radius 3 is 2.44 bits per heavy atom. The third kappa shape index (κ3) is 5.68. The summed E-state index contributed by atoms with van der Waals surface area (Å²) < 4.78 is 31.4. The summed E-state index contributed by atoms with van der Waals surface area (Å²) in [6.07, 6.45) is 3.83. The molecule has 1 unspecified atom stereocenters. The lowest BCUT2D eigenvalue weighted by Crippen LogP contribution is -2.36. The average Bonchev–Trinajstić information content (AvgIpc) is 2.79. The number of rotatable bonds is 8. The molecule has 1 atom stereocenters. The number of amides is 1. The van der Waals surface area contributed by atoms with Crippen LogP contribution in [0.15, 0.2) is 47.4 Å². The Morgan fingerprint density at radius 1 is 1.12 bits per heavy atom. The second kappa shape index (κ2) is 10.5. The van der Waals surface area contributed by atoms with E-state index in [0.717, 1.165) is 23.0 Å².